The number of carbonyl (C=O) groups is 2. The van der Waals surface area contributed by atoms with Gasteiger partial charge in [-0.15, -0.1) is 0 Å². The molecule has 4 heterocycles. The molecule has 11 nitrogen and oxygen atoms in total. The number of hydrogen-bond acceptors (Lipinski definition) is 8. The fraction of sp³-hybridized carbons (Fsp3) is 0.471. The van der Waals surface area contributed by atoms with Gasteiger partial charge in [-0.1, -0.05) is 23.7 Å². The summed E-state index contributed by atoms with van der Waals surface area (Å²) in [4.78, 5) is 40.2. The van der Waals surface area contributed by atoms with E-state index in [2.05, 4.69) is 38.7 Å². The topological polar surface area (TPSA) is 114 Å². The van der Waals surface area contributed by atoms with Crippen LogP contribution in [0.15, 0.2) is 49.1 Å². The molecule has 2 aromatic heterocycles. The molecule has 7 rings (SSSR count). The van der Waals surface area contributed by atoms with Gasteiger partial charge in [0.2, 0.25) is 0 Å². The van der Waals surface area contributed by atoms with E-state index < -0.39 is 11.6 Å². The van der Waals surface area contributed by atoms with Crippen molar-refractivity contribution < 1.29 is 19.1 Å². The van der Waals surface area contributed by atoms with Crippen molar-refractivity contribution in [3.8, 4) is 0 Å². The number of aryl methyl sites for hydroxylation is 1. The number of nitrogens with one attached hydrogen (secondary N) is 2. The number of methoxy groups -OCH3 is 1. The minimum Gasteiger partial charge on any atom is -0.446 e. The summed E-state index contributed by atoms with van der Waals surface area (Å²) < 4.78 is 13.4. The molecule has 4 aliphatic rings. The second kappa shape index (κ2) is 12.8. The van der Waals surface area contributed by atoms with Crippen LogP contribution in [0.2, 0.25) is 5.02 Å². The number of piperidine rings is 1. The Bertz CT molecular complexity index is 1640. The third kappa shape index (κ3) is 5.92. The number of rotatable bonds is 7. The van der Waals surface area contributed by atoms with E-state index >= 15 is 0 Å². The molecule has 1 saturated carbocycles. The first-order valence-corrected chi connectivity index (χ1v) is 16.4. The highest BCUT2D eigenvalue weighted by Crippen LogP contribution is 2.45. The lowest BCUT2D eigenvalue weighted by molar-refractivity contribution is -0.134. The van der Waals surface area contributed by atoms with Crippen LogP contribution in [-0.2, 0) is 21.3 Å². The number of hydrogen-bond donors (Lipinski definition) is 2. The zero-order chi connectivity index (χ0) is 31.8. The van der Waals surface area contributed by atoms with E-state index in [1.165, 1.54) is 0 Å². The van der Waals surface area contributed by atoms with Crippen molar-refractivity contribution in [1.82, 2.24) is 35.0 Å². The Hall–Kier alpha value is -3.77. The molecule has 0 bridgehead atoms. The monoisotopic (exact) mass is 645 g/mol. The summed E-state index contributed by atoms with van der Waals surface area (Å²) in [7, 11) is 3.51. The molecule has 2 atom stereocenters. The highest BCUT2D eigenvalue weighted by Gasteiger charge is 2.51. The normalized spacial score (nSPS) is 21.8. The maximum absolute atomic E-state index is 13.7. The summed E-state index contributed by atoms with van der Waals surface area (Å²) in [6, 6.07) is 9.23. The van der Waals surface area contributed by atoms with Crippen LogP contribution < -0.4 is 10.6 Å². The van der Waals surface area contributed by atoms with Crippen LogP contribution in [0.25, 0.3) is 11.6 Å². The number of pyridine rings is 1. The van der Waals surface area contributed by atoms with E-state index in [0.717, 1.165) is 59.6 Å². The van der Waals surface area contributed by atoms with Gasteiger partial charge < -0.3 is 29.6 Å². The highest BCUT2D eigenvalue weighted by atomic mass is 35.5. The van der Waals surface area contributed by atoms with Crippen LogP contribution in [-0.4, -0.2) is 94.4 Å². The minimum absolute atomic E-state index is 0.0302. The molecule has 3 aromatic rings. The van der Waals surface area contributed by atoms with Crippen LogP contribution in [0, 0.1) is 0 Å². The molecule has 2 saturated heterocycles. The Labute approximate surface area is 273 Å². The van der Waals surface area contributed by atoms with Crippen LogP contribution in [0.1, 0.15) is 65.8 Å². The van der Waals surface area contributed by atoms with Gasteiger partial charge in [0.15, 0.2) is 0 Å². The van der Waals surface area contributed by atoms with E-state index in [1.807, 2.05) is 40.9 Å². The summed E-state index contributed by atoms with van der Waals surface area (Å²) in [5, 5.41) is 7.23. The Kier molecular flexibility index (Phi) is 8.58. The number of piperazine rings is 1. The summed E-state index contributed by atoms with van der Waals surface area (Å²) in [6.45, 7) is 4.15. The number of aromatic nitrogens is 3. The molecule has 0 spiro atoms. The van der Waals surface area contributed by atoms with Gasteiger partial charge in [-0.05, 0) is 85.3 Å². The molecule has 0 unspecified atom stereocenters. The highest BCUT2D eigenvalue weighted by molar-refractivity contribution is 6.30. The minimum atomic E-state index is -0.810. The largest absolute Gasteiger partial charge is 0.446 e. The van der Waals surface area contributed by atoms with E-state index in [1.54, 1.807) is 19.6 Å². The van der Waals surface area contributed by atoms with Gasteiger partial charge in [-0.25, -0.2) is 9.78 Å². The predicted molar refractivity (Wildman–Crippen MR) is 174 cm³/mol. The van der Waals surface area contributed by atoms with Crippen LogP contribution in [0.4, 0.5) is 4.79 Å². The third-order valence-electron chi connectivity index (χ3n) is 9.80. The quantitative estimate of drug-likeness (QED) is 0.397. The number of ether oxygens (including phenoxy) is 2. The molecule has 1 aromatic carbocycles. The molecule has 0 radical (unpaired) electrons. The molecule has 2 N–H and O–H groups in total. The number of nitrogens with zero attached hydrogens (tertiary/aromatic N) is 5. The van der Waals surface area contributed by atoms with Crippen LogP contribution in [0.3, 0.4) is 0 Å². The molecule has 46 heavy (non-hydrogen) atoms. The van der Waals surface area contributed by atoms with Crippen molar-refractivity contribution in [3.05, 3.63) is 82.2 Å². The number of benzene rings is 1. The molecular weight excluding hydrogens is 606 g/mol. The number of amides is 2. The molecule has 12 heteroatoms. The van der Waals surface area contributed by atoms with Crippen molar-refractivity contribution in [2.45, 2.75) is 49.5 Å². The van der Waals surface area contributed by atoms with Crippen LogP contribution >= 0.6 is 11.6 Å². The molecule has 2 aliphatic heterocycles. The molecule has 242 valence electrons. The Morgan fingerprint density at radius 2 is 1.91 bits per heavy atom. The third-order valence-corrected chi connectivity index (χ3v) is 10.0. The summed E-state index contributed by atoms with van der Waals surface area (Å²) >= 11 is 6.70. The standard InChI is InChI=1S/C34H40ClN7O4/c1-40-21-37-20-28(40)30(39-32(43)34(45-2)9-10-34)27-18-22-4-3-11-38-29(22)31(25-6-5-23(35)19-26(25)27)41-14-16-42(17-15-41)33(44)46-24-7-12-36-13-8-24/h3-6,11,18-21,24,30-31,36H,7-10,12-17H2,1-2H3,(H,39,43)/t30-,31+/m1/s1. The lowest BCUT2D eigenvalue weighted by atomic mass is 9.89. The van der Waals surface area contributed by atoms with Gasteiger partial charge in [0.1, 0.15) is 11.7 Å². The number of carbonyl (C=O) groups excluding carboxylic acids is 2. The van der Waals surface area contributed by atoms with E-state index in [4.69, 9.17) is 26.1 Å². The Morgan fingerprint density at radius 3 is 2.61 bits per heavy atom. The summed E-state index contributed by atoms with van der Waals surface area (Å²) in [5.41, 5.74) is 4.75. The average molecular weight is 646 g/mol. The maximum atomic E-state index is 13.7. The molecule has 2 amide bonds. The first-order valence-electron chi connectivity index (χ1n) is 16.1. The van der Waals surface area contributed by atoms with Crippen molar-refractivity contribution in [1.29, 1.82) is 0 Å². The van der Waals surface area contributed by atoms with Gasteiger partial charge >= 0.3 is 6.09 Å². The van der Waals surface area contributed by atoms with Gasteiger partial charge in [-0.2, -0.15) is 0 Å². The molecule has 3 fully saturated rings. The maximum Gasteiger partial charge on any atom is 0.410 e. The van der Waals surface area contributed by atoms with Gasteiger partial charge in [-0.3, -0.25) is 14.7 Å². The summed E-state index contributed by atoms with van der Waals surface area (Å²) in [6.07, 6.45) is 10.3. The fourth-order valence-corrected chi connectivity index (χ4v) is 7.12. The number of imidazole rings is 1. The number of halogens is 1. The lowest BCUT2D eigenvalue weighted by Gasteiger charge is -2.40. The first-order chi connectivity index (χ1) is 22.4. The number of fused-ring (bicyclic) bond motifs is 2. The van der Waals surface area contributed by atoms with Crippen molar-refractivity contribution in [3.63, 3.8) is 0 Å². The zero-order valence-corrected chi connectivity index (χ0v) is 27.0. The van der Waals surface area contributed by atoms with Crippen molar-refractivity contribution in [2.75, 3.05) is 46.4 Å². The Morgan fingerprint density at radius 1 is 1.13 bits per heavy atom. The van der Waals surface area contributed by atoms with Gasteiger partial charge in [0.25, 0.3) is 5.91 Å². The molecular formula is C34H40ClN7O4. The average Bonchev–Trinajstić information content (AvgIpc) is 3.80. The Balaban J connectivity index is 1.23. The molecule has 2 aliphatic carbocycles. The van der Waals surface area contributed by atoms with Gasteiger partial charge in [0, 0.05) is 51.6 Å². The van der Waals surface area contributed by atoms with E-state index in [9.17, 15) is 9.59 Å². The van der Waals surface area contributed by atoms with Crippen molar-refractivity contribution in [2.24, 2.45) is 7.05 Å². The van der Waals surface area contributed by atoms with E-state index in [-0.39, 0.29) is 24.1 Å². The van der Waals surface area contributed by atoms with Gasteiger partial charge in [0.05, 0.1) is 36.0 Å². The van der Waals surface area contributed by atoms with Crippen LogP contribution in [0.5, 0.6) is 0 Å². The fourth-order valence-electron chi connectivity index (χ4n) is 6.95. The second-order valence-electron chi connectivity index (χ2n) is 12.6. The lowest BCUT2D eigenvalue weighted by Crippen LogP contribution is -2.51. The smallest absolute Gasteiger partial charge is 0.410 e. The first kappa shape index (κ1) is 30.9. The predicted octanol–water partition coefficient (Wildman–Crippen LogP) is 3.95. The van der Waals surface area contributed by atoms with E-state index in [0.29, 0.717) is 44.0 Å². The van der Waals surface area contributed by atoms with Crippen molar-refractivity contribution >= 4 is 35.3 Å². The second-order valence-corrected chi connectivity index (χ2v) is 13.0. The SMILES string of the molecule is COC1(C(=O)N[C@H](C2=Cc3cccnc3[C@@H](N3CCN(C(=O)OC4CCNCC4)CC3)c3ccc(Cl)cc32)c2cncn2C)CC1. The summed E-state index contributed by atoms with van der Waals surface area (Å²) in [5.74, 6) is -0.148. The zero-order valence-electron chi connectivity index (χ0n) is 26.2.